The third-order valence-electron chi connectivity index (χ3n) is 5.75. The van der Waals surface area contributed by atoms with Gasteiger partial charge in [0.05, 0.1) is 17.4 Å². The zero-order chi connectivity index (χ0) is 23.6. The Morgan fingerprint density at radius 2 is 1.55 bits per heavy atom. The molecule has 0 saturated carbocycles. The SMILES string of the molecule is CC(C)(C)c1ccc(C2C=C(c3cccc(C#C[Si](C)(C)C)c3)NN2c2ccccc2)cc1. The Bertz CT molecular complexity index is 1200. The van der Waals surface area contributed by atoms with E-state index in [2.05, 4.69) is 147 Å². The fourth-order valence-corrected chi connectivity index (χ4v) is 4.41. The highest BCUT2D eigenvalue weighted by molar-refractivity contribution is 6.83. The van der Waals surface area contributed by atoms with E-state index in [9.17, 15) is 0 Å². The van der Waals surface area contributed by atoms with Gasteiger partial charge in [-0.25, -0.2) is 0 Å². The Kier molecular flexibility index (Phi) is 6.23. The van der Waals surface area contributed by atoms with Crippen molar-refractivity contribution in [2.45, 2.75) is 51.9 Å². The van der Waals surface area contributed by atoms with Gasteiger partial charge in [-0.3, -0.25) is 10.4 Å². The van der Waals surface area contributed by atoms with Crippen molar-refractivity contribution in [2.75, 3.05) is 5.01 Å². The quantitative estimate of drug-likeness (QED) is 0.332. The average Bonchev–Trinajstić information content (AvgIpc) is 3.23. The van der Waals surface area contributed by atoms with E-state index in [0.29, 0.717) is 0 Å². The van der Waals surface area contributed by atoms with Crippen LogP contribution in [0.1, 0.15) is 49.1 Å². The summed E-state index contributed by atoms with van der Waals surface area (Å²) in [6, 6.07) is 28.2. The summed E-state index contributed by atoms with van der Waals surface area (Å²) in [5.41, 5.74) is 14.4. The standard InChI is InChI=1S/C30H34N2Si/c1-30(2,3)26-17-15-24(16-18-26)29-22-28(31-32(29)27-13-8-7-9-14-27)25-12-10-11-23(21-25)19-20-33(4,5)6/h7-18,21-22,29,31H,1-6H3. The zero-order valence-corrected chi connectivity index (χ0v) is 21.6. The minimum absolute atomic E-state index is 0.105. The van der Waals surface area contributed by atoms with Gasteiger partial charge in [0.25, 0.3) is 0 Å². The molecule has 3 aromatic rings. The predicted molar refractivity (Wildman–Crippen MR) is 145 cm³/mol. The van der Waals surface area contributed by atoms with E-state index >= 15 is 0 Å². The maximum atomic E-state index is 3.67. The van der Waals surface area contributed by atoms with Gasteiger partial charge in [-0.15, -0.1) is 5.54 Å². The maximum Gasteiger partial charge on any atom is 0.129 e. The highest BCUT2D eigenvalue weighted by Gasteiger charge is 2.27. The van der Waals surface area contributed by atoms with Crippen LogP contribution in [0.2, 0.25) is 19.6 Å². The average molecular weight is 451 g/mol. The number of anilines is 1. The first-order valence-electron chi connectivity index (χ1n) is 11.7. The number of hydrazine groups is 1. The molecule has 1 aliphatic rings. The Labute approximate surface area is 200 Å². The van der Waals surface area contributed by atoms with E-state index in [-0.39, 0.29) is 11.5 Å². The molecule has 0 radical (unpaired) electrons. The van der Waals surface area contributed by atoms with E-state index in [1.165, 1.54) is 11.1 Å². The van der Waals surface area contributed by atoms with Crippen LogP contribution in [-0.2, 0) is 5.41 Å². The molecule has 4 rings (SSSR count). The number of nitrogens with zero attached hydrogens (tertiary/aromatic N) is 1. The number of hydrogen-bond acceptors (Lipinski definition) is 2. The first-order chi connectivity index (χ1) is 15.6. The molecule has 1 unspecified atom stereocenters. The summed E-state index contributed by atoms with van der Waals surface area (Å²) in [5.74, 6) is 3.40. The highest BCUT2D eigenvalue weighted by atomic mass is 28.3. The molecule has 1 N–H and O–H groups in total. The molecule has 0 bridgehead atoms. The van der Waals surface area contributed by atoms with Crippen molar-refractivity contribution in [1.29, 1.82) is 0 Å². The lowest BCUT2D eigenvalue weighted by molar-refractivity contribution is 0.589. The predicted octanol–water partition coefficient (Wildman–Crippen LogP) is 7.32. The van der Waals surface area contributed by atoms with Crippen molar-refractivity contribution >= 4 is 19.5 Å². The second-order valence-corrected chi connectivity index (χ2v) is 15.5. The van der Waals surface area contributed by atoms with Crippen molar-refractivity contribution in [3.8, 4) is 11.5 Å². The summed E-state index contributed by atoms with van der Waals surface area (Å²) in [5, 5.41) is 2.25. The van der Waals surface area contributed by atoms with E-state index in [4.69, 9.17) is 0 Å². The van der Waals surface area contributed by atoms with Crippen LogP contribution < -0.4 is 10.4 Å². The monoisotopic (exact) mass is 450 g/mol. The lowest BCUT2D eigenvalue weighted by atomic mass is 9.86. The second-order valence-electron chi connectivity index (χ2n) is 10.8. The fourth-order valence-electron chi connectivity index (χ4n) is 3.89. The summed E-state index contributed by atoms with van der Waals surface area (Å²) >= 11 is 0. The van der Waals surface area contributed by atoms with Crippen LogP contribution in [0.3, 0.4) is 0 Å². The van der Waals surface area contributed by atoms with Gasteiger partial charge >= 0.3 is 0 Å². The second kappa shape index (κ2) is 8.96. The van der Waals surface area contributed by atoms with Crippen molar-refractivity contribution in [3.63, 3.8) is 0 Å². The molecular weight excluding hydrogens is 416 g/mol. The maximum absolute atomic E-state index is 3.67. The summed E-state index contributed by atoms with van der Waals surface area (Å²) in [6.07, 6.45) is 2.32. The van der Waals surface area contributed by atoms with Crippen molar-refractivity contribution in [2.24, 2.45) is 0 Å². The normalized spacial score (nSPS) is 16.0. The molecule has 3 heteroatoms. The van der Waals surface area contributed by atoms with Crippen LogP contribution >= 0.6 is 0 Å². The lowest BCUT2D eigenvalue weighted by Gasteiger charge is -2.28. The Balaban J connectivity index is 1.71. The molecule has 2 nitrogen and oxygen atoms in total. The topological polar surface area (TPSA) is 15.3 Å². The molecule has 0 aliphatic carbocycles. The van der Waals surface area contributed by atoms with Gasteiger partial charge in [-0.1, -0.05) is 101 Å². The molecule has 1 aliphatic heterocycles. The van der Waals surface area contributed by atoms with Gasteiger partial charge in [0.1, 0.15) is 8.07 Å². The Hall–Kier alpha value is -3.22. The summed E-state index contributed by atoms with van der Waals surface area (Å²) < 4.78 is 0. The number of hydrogen-bond donors (Lipinski definition) is 1. The van der Waals surface area contributed by atoms with Crippen molar-refractivity contribution in [3.05, 3.63) is 107 Å². The van der Waals surface area contributed by atoms with E-state index in [1.807, 2.05) is 0 Å². The van der Waals surface area contributed by atoms with Crippen LogP contribution in [0.5, 0.6) is 0 Å². The van der Waals surface area contributed by atoms with Gasteiger partial charge in [-0.05, 0) is 46.9 Å². The number of nitrogens with one attached hydrogen (secondary N) is 1. The molecule has 0 amide bonds. The van der Waals surface area contributed by atoms with Crippen LogP contribution in [-0.4, -0.2) is 8.07 Å². The van der Waals surface area contributed by atoms with Crippen LogP contribution in [0.15, 0.2) is 84.9 Å². The van der Waals surface area contributed by atoms with Crippen LogP contribution in [0.4, 0.5) is 5.69 Å². The molecule has 0 fully saturated rings. The van der Waals surface area contributed by atoms with Crippen molar-refractivity contribution in [1.82, 2.24) is 5.43 Å². The first-order valence-corrected chi connectivity index (χ1v) is 15.2. The number of para-hydroxylation sites is 1. The number of benzene rings is 3. The molecule has 0 saturated heterocycles. The third-order valence-corrected chi connectivity index (χ3v) is 6.63. The molecule has 1 atom stereocenters. The highest BCUT2D eigenvalue weighted by Crippen LogP contribution is 2.36. The molecule has 168 valence electrons. The zero-order valence-electron chi connectivity index (χ0n) is 20.6. The summed E-state index contributed by atoms with van der Waals surface area (Å²) in [4.78, 5) is 0. The molecular formula is C30H34N2Si. The molecule has 3 aromatic carbocycles. The Morgan fingerprint density at radius 3 is 2.18 bits per heavy atom. The van der Waals surface area contributed by atoms with Gasteiger partial charge < -0.3 is 0 Å². The van der Waals surface area contributed by atoms with E-state index in [0.717, 1.165) is 22.5 Å². The molecule has 0 aromatic heterocycles. The van der Waals surface area contributed by atoms with E-state index < -0.39 is 8.07 Å². The summed E-state index contributed by atoms with van der Waals surface area (Å²) in [6.45, 7) is 13.6. The van der Waals surface area contributed by atoms with Gasteiger partial charge in [0.2, 0.25) is 0 Å². The molecule has 33 heavy (non-hydrogen) atoms. The van der Waals surface area contributed by atoms with Gasteiger partial charge in [0.15, 0.2) is 0 Å². The van der Waals surface area contributed by atoms with Gasteiger partial charge in [-0.2, -0.15) is 0 Å². The summed E-state index contributed by atoms with van der Waals surface area (Å²) in [7, 11) is -1.42. The third kappa shape index (κ3) is 5.59. The van der Waals surface area contributed by atoms with E-state index in [1.54, 1.807) is 0 Å². The number of rotatable bonds is 3. The minimum atomic E-state index is -1.42. The smallest absolute Gasteiger partial charge is 0.129 e. The lowest BCUT2D eigenvalue weighted by Crippen LogP contribution is -2.34. The van der Waals surface area contributed by atoms with Crippen LogP contribution in [0, 0.1) is 11.5 Å². The van der Waals surface area contributed by atoms with Crippen LogP contribution in [0.25, 0.3) is 5.70 Å². The van der Waals surface area contributed by atoms with Gasteiger partial charge in [0, 0.05) is 11.1 Å². The molecule has 0 spiro atoms. The Morgan fingerprint density at radius 1 is 0.848 bits per heavy atom. The first kappa shape index (κ1) is 23.0. The van der Waals surface area contributed by atoms with Crippen molar-refractivity contribution < 1.29 is 0 Å². The molecule has 1 heterocycles. The minimum Gasteiger partial charge on any atom is -0.297 e. The largest absolute Gasteiger partial charge is 0.297 e. The fraction of sp³-hybridized carbons (Fsp3) is 0.267.